The Morgan fingerprint density at radius 3 is 2.54 bits per heavy atom. The average molecular weight is 172 g/mol. The number of phenols is 1. The minimum atomic E-state index is 0.413. The molecule has 0 fully saturated rings. The SMILES string of the molecule is Cc1cc2ccccc2c(O)c1C. The second kappa shape index (κ2) is 2.77. The summed E-state index contributed by atoms with van der Waals surface area (Å²) < 4.78 is 0. The Bertz CT molecular complexity index is 458. The molecule has 0 radical (unpaired) electrons. The number of phenolic OH excluding ortho intramolecular Hbond substituents is 1. The molecular weight excluding hydrogens is 160 g/mol. The lowest BCUT2D eigenvalue weighted by Crippen LogP contribution is -1.83. The van der Waals surface area contributed by atoms with Crippen LogP contribution in [0.2, 0.25) is 0 Å². The minimum absolute atomic E-state index is 0.413. The zero-order valence-electron chi connectivity index (χ0n) is 7.83. The van der Waals surface area contributed by atoms with E-state index >= 15 is 0 Å². The van der Waals surface area contributed by atoms with Gasteiger partial charge < -0.3 is 5.11 Å². The highest BCUT2D eigenvalue weighted by Gasteiger charge is 2.04. The highest BCUT2D eigenvalue weighted by atomic mass is 16.3. The van der Waals surface area contributed by atoms with Gasteiger partial charge in [-0.25, -0.2) is 0 Å². The monoisotopic (exact) mass is 172 g/mol. The normalized spacial score (nSPS) is 10.6. The quantitative estimate of drug-likeness (QED) is 0.647. The van der Waals surface area contributed by atoms with Crippen LogP contribution < -0.4 is 0 Å². The van der Waals surface area contributed by atoms with Crippen molar-refractivity contribution in [2.75, 3.05) is 0 Å². The van der Waals surface area contributed by atoms with Crippen LogP contribution in [0.15, 0.2) is 30.3 Å². The average Bonchev–Trinajstić information content (AvgIpc) is 2.15. The summed E-state index contributed by atoms with van der Waals surface area (Å²) in [5.41, 5.74) is 2.11. The van der Waals surface area contributed by atoms with E-state index in [2.05, 4.69) is 6.07 Å². The van der Waals surface area contributed by atoms with Gasteiger partial charge in [-0.1, -0.05) is 30.3 Å². The van der Waals surface area contributed by atoms with Crippen molar-refractivity contribution in [1.29, 1.82) is 0 Å². The van der Waals surface area contributed by atoms with Crippen LogP contribution >= 0.6 is 0 Å². The molecule has 0 aliphatic heterocycles. The number of aromatic hydroxyl groups is 1. The summed E-state index contributed by atoms with van der Waals surface area (Å²) in [6.45, 7) is 3.96. The Hall–Kier alpha value is -1.50. The van der Waals surface area contributed by atoms with Gasteiger partial charge in [-0.2, -0.15) is 0 Å². The first-order chi connectivity index (χ1) is 6.20. The van der Waals surface area contributed by atoms with Crippen molar-refractivity contribution in [2.24, 2.45) is 0 Å². The summed E-state index contributed by atoms with van der Waals surface area (Å²) in [5, 5.41) is 11.9. The van der Waals surface area contributed by atoms with Gasteiger partial charge in [0, 0.05) is 5.39 Å². The summed E-state index contributed by atoms with van der Waals surface area (Å²) in [4.78, 5) is 0. The molecule has 0 heterocycles. The highest BCUT2D eigenvalue weighted by Crippen LogP contribution is 2.30. The van der Waals surface area contributed by atoms with Crippen LogP contribution in [0.4, 0.5) is 0 Å². The zero-order chi connectivity index (χ0) is 9.42. The molecule has 2 rings (SSSR count). The molecule has 0 aliphatic rings. The molecule has 1 N–H and O–H groups in total. The fourth-order valence-electron chi connectivity index (χ4n) is 1.57. The Balaban J connectivity index is 2.94. The van der Waals surface area contributed by atoms with Gasteiger partial charge in [-0.3, -0.25) is 0 Å². The molecular formula is C12H12O. The maximum atomic E-state index is 9.84. The fraction of sp³-hybridized carbons (Fsp3) is 0.167. The van der Waals surface area contributed by atoms with Crippen LogP contribution in [0.5, 0.6) is 5.75 Å². The van der Waals surface area contributed by atoms with Gasteiger partial charge in [-0.15, -0.1) is 0 Å². The number of aryl methyl sites for hydroxylation is 1. The maximum absolute atomic E-state index is 9.84. The topological polar surface area (TPSA) is 20.2 Å². The van der Waals surface area contributed by atoms with E-state index in [1.54, 1.807) is 0 Å². The van der Waals surface area contributed by atoms with Crippen molar-refractivity contribution >= 4 is 10.8 Å². The van der Waals surface area contributed by atoms with Crippen molar-refractivity contribution in [3.05, 3.63) is 41.5 Å². The fourth-order valence-corrected chi connectivity index (χ4v) is 1.57. The summed E-state index contributed by atoms with van der Waals surface area (Å²) in [5.74, 6) is 0.413. The van der Waals surface area contributed by atoms with Gasteiger partial charge in [0.15, 0.2) is 0 Å². The van der Waals surface area contributed by atoms with E-state index in [-0.39, 0.29) is 0 Å². The number of hydrogen-bond donors (Lipinski definition) is 1. The van der Waals surface area contributed by atoms with Crippen LogP contribution in [0.1, 0.15) is 11.1 Å². The van der Waals surface area contributed by atoms with Crippen LogP contribution in [0, 0.1) is 13.8 Å². The summed E-state index contributed by atoms with van der Waals surface area (Å²) >= 11 is 0. The second-order valence-corrected chi connectivity index (χ2v) is 3.39. The van der Waals surface area contributed by atoms with E-state index in [1.807, 2.05) is 38.1 Å². The number of benzene rings is 2. The zero-order valence-corrected chi connectivity index (χ0v) is 7.83. The Morgan fingerprint density at radius 1 is 1.08 bits per heavy atom. The molecule has 2 aromatic carbocycles. The number of hydrogen-bond acceptors (Lipinski definition) is 1. The highest BCUT2D eigenvalue weighted by molar-refractivity contribution is 5.90. The number of fused-ring (bicyclic) bond motifs is 1. The lowest BCUT2D eigenvalue weighted by molar-refractivity contribution is 0.477. The summed E-state index contributed by atoms with van der Waals surface area (Å²) in [6, 6.07) is 9.98. The first-order valence-electron chi connectivity index (χ1n) is 4.38. The molecule has 0 saturated heterocycles. The lowest BCUT2D eigenvalue weighted by Gasteiger charge is -2.07. The van der Waals surface area contributed by atoms with E-state index in [0.717, 1.165) is 21.9 Å². The second-order valence-electron chi connectivity index (χ2n) is 3.39. The van der Waals surface area contributed by atoms with E-state index in [9.17, 15) is 5.11 Å². The van der Waals surface area contributed by atoms with Gasteiger partial charge >= 0.3 is 0 Å². The van der Waals surface area contributed by atoms with E-state index in [1.165, 1.54) is 0 Å². The van der Waals surface area contributed by atoms with Gasteiger partial charge in [0.2, 0.25) is 0 Å². The third-order valence-electron chi connectivity index (χ3n) is 2.53. The molecule has 0 spiro atoms. The molecule has 0 aliphatic carbocycles. The van der Waals surface area contributed by atoms with Crippen molar-refractivity contribution in [3.63, 3.8) is 0 Å². The molecule has 0 bridgehead atoms. The predicted molar refractivity (Wildman–Crippen MR) is 55.1 cm³/mol. The van der Waals surface area contributed by atoms with Crippen molar-refractivity contribution < 1.29 is 5.11 Å². The molecule has 13 heavy (non-hydrogen) atoms. The van der Waals surface area contributed by atoms with Gasteiger partial charge in [-0.05, 0) is 30.4 Å². The van der Waals surface area contributed by atoms with Crippen molar-refractivity contribution in [1.82, 2.24) is 0 Å². The molecule has 0 aromatic heterocycles. The van der Waals surface area contributed by atoms with Crippen LogP contribution in [0.25, 0.3) is 10.8 Å². The van der Waals surface area contributed by atoms with Crippen LogP contribution in [-0.4, -0.2) is 5.11 Å². The Morgan fingerprint density at radius 2 is 1.77 bits per heavy atom. The van der Waals surface area contributed by atoms with E-state index in [0.29, 0.717) is 5.75 Å². The Kier molecular flexibility index (Phi) is 1.73. The standard InChI is InChI=1S/C12H12O/c1-8-7-10-5-3-4-6-11(10)12(13)9(8)2/h3-7,13H,1-2H3. The van der Waals surface area contributed by atoms with Crippen LogP contribution in [0.3, 0.4) is 0 Å². The smallest absolute Gasteiger partial charge is 0.126 e. The third-order valence-corrected chi connectivity index (χ3v) is 2.53. The van der Waals surface area contributed by atoms with Gasteiger partial charge in [0.1, 0.15) is 5.75 Å². The summed E-state index contributed by atoms with van der Waals surface area (Å²) in [6.07, 6.45) is 0. The summed E-state index contributed by atoms with van der Waals surface area (Å²) in [7, 11) is 0. The van der Waals surface area contributed by atoms with Crippen molar-refractivity contribution in [3.8, 4) is 5.75 Å². The Labute approximate surface area is 77.6 Å². The van der Waals surface area contributed by atoms with Crippen molar-refractivity contribution in [2.45, 2.75) is 13.8 Å². The largest absolute Gasteiger partial charge is 0.507 e. The molecule has 0 amide bonds. The molecule has 0 unspecified atom stereocenters. The molecule has 2 aromatic rings. The van der Waals surface area contributed by atoms with Gasteiger partial charge in [0.05, 0.1) is 0 Å². The molecule has 1 heteroatoms. The molecule has 66 valence electrons. The third kappa shape index (κ3) is 1.17. The molecule has 0 atom stereocenters. The first-order valence-corrected chi connectivity index (χ1v) is 4.38. The van der Waals surface area contributed by atoms with Crippen LogP contribution in [-0.2, 0) is 0 Å². The first kappa shape index (κ1) is 8.11. The van der Waals surface area contributed by atoms with Gasteiger partial charge in [0.25, 0.3) is 0 Å². The maximum Gasteiger partial charge on any atom is 0.126 e. The lowest BCUT2D eigenvalue weighted by atomic mass is 10.0. The van der Waals surface area contributed by atoms with E-state index in [4.69, 9.17) is 0 Å². The van der Waals surface area contributed by atoms with E-state index < -0.39 is 0 Å². The molecule has 0 saturated carbocycles. The predicted octanol–water partition coefficient (Wildman–Crippen LogP) is 3.16. The number of rotatable bonds is 0. The molecule has 1 nitrogen and oxygen atoms in total. The minimum Gasteiger partial charge on any atom is -0.507 e.